The number of carbonyl (C=O) groups excluding carboxylic acids is 2. The normalized spacial score (nSPS) is 20.7. The van der Waals surface area contributed by atoms with Crippen molar-refractivity contribution in [2.24, 2.45) is 5.92 Å². The molecular weight excluding hydrogens is 293 g/mol. The largest absolute Gasteiger partial charge is 0.274 e. The third-order valence-corrected chi connectivity index (χ3v) is 3.39. The summed E-state index contributed by atoms with van der Waals surface area (Å²) in [5.41, 5.74) is 0.559. The zero-order valence-electron chi connectivity index (χ0n) is 8.54. The molecule has 3 nitrogen and oxygen atoms in total. The predicted octanol–water partition coefficient (Wildman–Crippen LogP) is 3.00. The van der Waals surface area contributed by atoms with Crippen LogP contribution in [0, 0.1) is 5.92 Å². The summed E-state index contributed by atoms with van der Waals surface area (Å²) < 4.78 is 0.649. The van der Waals surface area contributed by atoms with Gasteiger partial charge < -0.3 is 0 Å². The van der Waals surface area contributed by atoms with Gasteiger partial charge in [0.2, 0.25) is 11.8 Å². The van der Waals surface area contributed by atoms with Gasteiger partial charge in [-0.1, -0.05) is 18.5 Å². The van der Waals surface area contributed by atoms with Crippen LogP contribution in [0.25, 0.3) is 0 Å². The van der Waals surface area contributed by atoms with Crippen molar-refractivity contribution in [1.82, 2.24) is 0 Å². The smallest absolute Gasteiger partial charge is 0.237 e. The third kappa shape index (κ3) is 1.87. The summed E-state index contributed by atoms with van der Waals surface area (Å²) in [7, 11) is 0. The van der Waals surface area contributed by atoms with Crippen LogP contribution in [0.4, 0.5) is 5.69 Å². The lowest BCUT2D eigenvalue weighted by atomic mass is 10.1. The molecule has 16 heavy (non-hydrogen) atoms. The van der Waals surface area contributed by atoms with Crippen LogP contribution in [0.5, 0.6) is 0 Å². The van der Waals surface area contributed by atoms with Gasteiger partial charge in [0, 0.05) is 21.8 Å². The Morgan fingerprint density at radius 1 is 1.44 bits per heavy atom. The van der Waals surface area contributed by atoms with E-state index in [1.807, 2.05) is 0 Å². The Kier molecular flexibility index (Phi) is 3.04. The summed E-state index contributed by atoms with van der Waals surface area (Å²) >= 11 is 9.11. The SMILES string of the molecule is CC1CC(=O)N(c2ccc(Cl)cc2Br)C1=O. The zero-order chi connectivity index (χ0) is 11.9. The molecule has 0 radical (unpaired) electrons. The maximum atomic E-state index is 11.8. The molecule has 0 aromatic heterocycles. The Morgan fingerprint density at radius 3 is 2.62 bits per heavy atom. The first-order valence-corrected chi connectivity index (χ1v) is 5.99. The van der Waals surface area contributed by atoms with Crippen LogP contribution in [-0.2, 0) is 9.59 Å². The number of nitrogens with zero attached hydrogens (tertiary/aromatic N) is 1. The van der Waals surface area contributed by atoms with E-state index in [1.54, 1.807) is 25.1 Å². The minimum Gasteiger partial charge on any atom is -0.274 e. The van der Waals surface area contributed by atoms with Gasteiger partial charge in [0.15, 0.2) is 0 Å². The van der Waals surface area contributed by atoms with Gasteiger partial charge >= 0.3 is 0 Å². The van der Waals surface area contributed by atoms with Crippen molar-refractivity contribution in [2.75, 3.05) is 4.90 Å². The molecule has 84 valence electrons. The molecule has 1 aliphatic heterocycles. The van der Waals surface area contributed by atoms with Crippen LogP contribution in [0.1, 0.15) is 13.3 Å². The van der Waals surface area contributed by atoms with E-state index in [9.17, 15) is 9.59 Å². The van der Waals surface area contributed by atoms with E-state index < -0.39 is 0 Å². The highest BCUT2D eigenvalue weighted by Crippen LogP contribution is 2.33. The van der Waals surface area contributed by atoms with Crippen molar-refractivity contribution in [1.29, 1.82) is 0 Å². The summed E-state index contributed by atoms with van der Waals surface area (Å²) in [6.07, 6.45) is 0.272. The second kappa shape index (κ2) is 4.18. The zero-order valence-corrected chi connectivity index (χ0v) is 10.9. The molecule has 2 amide bonds. The molecule has 1 aromatic carbocycles. The number of carbonyl (C=O) groups is 2. The van der Waals surface area contributed by atoms with E-state index in [4.69, 9.17) is 11.6 Å². The number of benzene rings is 1. The van der Waals surface area contributed by atoms with Crippen molar-refractivity contribution in [3.05, 3.63) is 27.7 Å². The molecule has 1 unspecified atom stereocenters. The van der Waals surface area contributed by atoms with Crippen molar-refractivity contribution in [3.63, 3.8) is 0 Å². The standard InChI is InChI=1S/C11H9BrClNO2/c1-6-4-10(15)14(11(6)16)9-3-2-7(13)5-8(9)12/h2-3,5-6H,4H2,1H3. The fraction of sp³-hybridized carbons (Fsp3) is 0.273. The Bertz CT molecular complexity index is 475. The molecule has 1 aromatic rings. The number of hydrogen-bond acceptors (Lipinski definition) is 2. The molecule has 2 rings (SSSR count). The Labute approximate surface area is 107 Å². The van der Waals surface area contributed by atoms with E-state index in [0.29, 0.717) is 15.2 Å². The highest BCUT2D eigenvalue weighted by atomic mass is 79.9. The molecule has 0 saturated carbocycles. The molecule has 0 aliphatic carbocycles. The van der Waals surface area contributed by atoms with Crippen LogP contribution < -0.4 is 4.90 Å². The lowest BCUT2D eigenvalue weighted by molar-refractivity contribution is -0.122. The van der Waals surface area contributed by atoms with Gasteiger partial charge in [0.05, 0.1) is 5.69 Å². The van der Waals surface area contributed by atoms with Gasteiger partial charge in [-0.05, 0) is 34.1 Å². The lowest BCUT2D eigenvalue weighted by Gasteiger charge is -2.16. The van der Waals surface area contributed by atoms with Gasteiger partial charge in [0.25, 0.3) is 0 Å². The quantitative estimate of drug-likeness (QED) is 0.748. The molecule has 1 atom stereocenters. The summed E-state index contributed by atoms with van der Waals surface area (Å²) in [6, 6.07) is 4.99. The average Bonchev–Trinajstić information content (AvgIpc) is 2.43. The number of rotatable bonds is 1. The topological polar surface area (TPSA) is 37.4 Å². The van der Waals surface area contributed by atoms with Crippen molar-refractivity contribution in [2.45, 2.75) is 13.3 Å². The second-order valence-corrected chi connectivity index (χ2v) is 5.06. The number of amides is 2. The number of anilines is 1. The van der Waals surface area contributed by atoms with Crippen molar-refractivity contribution in [3.8, 4) is 0 Å². The van der Waals surface area contributed by atoms with Gasteiger partial charge in [-0.25, -0.2) is 4.90 Å². The van der Waals surface area contributed by atoms with Gasteiger partial charge in [-0.2, -0.15) is 0 Å². The highest BCUT2D eigenvalue weighted by Gasteiger charge is 2.37. The van der Waals surface area contributed by atoms with E-state index in [0.717, 1.165) is 0 Å². The number of imide groups is 1. The van der Waals surface area contributed by atoms with E-state index >= 15 is 0 Å². The summed E-state index contributed by atoms with van der Waals surface area (Å²) in [4.78, 5) is 24.7. The molecule has 1 fully saturated rings. The fourth-order valence-electron chi connectivity index (χ4n) is 1.70. The molecular formula is C11H9BrClNO2. The first-order valence-electron chi connectivity index (χ1n) is 4.82. The molecule has 5 heteroatoms. The molecule has 1 aliphatic rings. The summed E-state index contributed by atoms with van der Waals surface area (Å²) in [5.74, 6) is -0.566. The summed E-state index contributed by atoms with van der Waals surface area (Å²) in [5, 5.41) is 0.558. The van der Waals surface area contributed by atoms with Crippen LogP contribution in [0.3, 0.4) is 0 Å². The fourth-order valence-corrected chi connectivity index (χ4v) is 2.56. The average molecular weight is 303 g/mol. The highest BCUT2D eigenvalue weighted by molar-refractivity contribution is 9.10. The van der Waals surface area contributed by atoms with E-state index in [2.05, 4.69) is 15.9 Å². The lowest BCUT2D eigenvalue weighted by Crippen LogP contribution is -2.30. The van der Waals surface area contributed by atoms with Crippen LogP contribution >= 0.6 is 27.5 Å². The monoisotopic (exact) mass is 301 g/mol. The molecule has 0 N–H and O–H groups in total. The number of hydrogen-bond donors (Lipinski definition) is 0. The Balaban J connectivity index is 2.45. The first kappa shape index (κ1) is 11.6. The Morgan fingerprint density at radius 2 is 2.12 bits per heavy atom. The molecule has 0 spiro atoms. The molecule has 1 saturated heterocycles. The van der Waals surface area contributed by atoms with Crippen LogP contribution in [0.15, 0.2) is 22.7 Å². The van der Waals surface area contributed by atoms with Crippen molar-refractivity contribution >= 4 is 45.0 Å². The van der Waals surface area contributed by atoms with Crippen LogP contribution in [0.2, 0.25) is 5.02 Å². The van der Waals surface area contributed by atoms with Gasteiger partial charge in [-0.3, -0.25) is 9.59 Å². The van der Waals surface area contributed by atoms with E-state index in [1.165, 1.54) is 4.90 Å². The minimum absolute atomic E-state index is 0.159. The minimum atomic E-state index is -0.241. The number of halogens is 2. The van der Waals surface area contributed by atoms with Gasteiger partial charge in [0.1, 0.15) is 0 Å². The Hall–Kier alpha value is -0.870. The maximum Gasteiger partial charge on any atom is 0.237 e. The summed E-state index contributed by atoms with van der Waals surface area (Å²) in [6.45, 7) is 1.75. The predicted molar refractivity (Wildman–Crippen MR) is 65.4 cm³/mol. The van der Waals surface area contributed by atoms with E-state index in [-0.39, 0.29) is 24.2 Å². The van der Waals surface area contributed by atoms with Gasteiger partial charge in [-0.15, -0.1) is 0 Å². The van der Waals surface area contributed by atoms with Crippen molar-refractivity contribution < 1.29 is 9.59 Å². The molecule has 1 heterocycles. The maximum absolute atomic E-state index is 11.8. The third-order valence-electron chi connectivity index (χ3n) is 2.52. The first-order chi connectivity index (χ1) is 7.50. The van der Waals surface area contributed by atoms with Crippen LogP contribution in [-0.4, -0.2) is 11.8 Å². The second-order valence-electron chi connectivity index (χ2n) is 3.77. The molecule has 0 bridgehead atoms.